The van der Waals surface area contributed by atoms with Crippen LogP contribution in [0.1, 0.15) is 11.1 Å². The summed E-state index contributed by atoms with van der Waals surface area (Å²) in [4.78, 5) is 19.0. The molecule has 4 nitrogen and oxygen atoms in total. The van der Waals surface area contributed by atoms with Crippen molar-refractivity contribution in [3.63, 3.8) is 0 Å². The summed E-state index contributed by atoms with van der Waals surface area (Å²) in [5.41, 5.74) is 3.72. The largest absolute Gasteiger partial charge is 0.369 e. The highest BCUT2D eigenvalue weighted by molar-refractivity contribution is 5.78. The highest BCUT2D eigenvalue weighted by Gasteiger charge is 2.20. The van der Waals surface area contributed by atoms with Gasteiger partial charge in [-0.1, -0.05) is 42.5 Å². The molecule has 0 unspecified atom stereocenters. The molecule has 1 heterocycles. The Morgan fingerprint density at radius 1 is 0.960 bits per heavy atom. The summed E-state index contributed by atoms with van der Waals surface area (Å²) in [6, 6.07) is 18.7. The van der Waals surface area contributed by atoms with Gasteiger partial charge >= 0.3 is 0 Å². The number of carbonyl (C=O) groups excluding carboxylic acids is 1. The van der Waals surface area contributed by atoms with Crippen molar-refractivity contribution in [1.82, 2.24) is 9.80 Å². The molecule has 1 saturated heterocycles. The van der Waals surface area contributed by atoms with Crippen molar-refractivity contribution in [3.8, 4) is 0 Å². The molecule has 1 aliphatic rings. The van der Waals surface area contributed by atoms with Gasteiger partial charge in [0.25, 0.3) is 0 Å². The van der Waals surface area contributed by atoms with Crippen molar-refractivity contribution >= 4 is 11.6 Å². The zero-order chi connectivity index (χ0) is 17.6. The van der Waals surface area contributed by atoms with E-state index in [1.165, 1.54) is 16.8 Å². The normalized spacial score (nSPS) is 15.2. The van der Waals surface area contributed by atoms with Crippen LogP contribution in [-0.2, 0) is 11.3 Å². The molecular formula is C21H27N3O. The second-order valence-electron chi connectivity index (χ2n) is 6.78. The number of anilines is 1. The molecular weight excluding hydrogens is 310 g/mol. The Balaban J connectivity index is 1.48. The van der Waals surface area contributed by atoms with Gasteiger partial charge in [-0.2, -0.15) is 0 Å². The fourth-order valence-corrected chi connectivity index (χ4v) is 3.25. The number of likely N-dealkylation sites (N-methyl/N-ethyl adjacent to an activating group) is 1. The van der Waals surface area contributed by atoms with E-state index in [0.29, 0.717) is 13.1 Å². The number of amides is 1. The van der Waals surface area contributed by atoms with E-state index < -0.39 is 0 Å². The van der Waals surface area contributed by atoms with Crippen LogP contribution in [-0.4, -0.2) is 55.5 Å². The molecule has 1 fully saturated rings. The molecule has 0 radical (unpaired) electrons. The molecule has 1 amide bonds. The van der Waals surface area contributed by atoms with Gasteiger partial charge in [-0.15, -0.1) is 0 Å². The van der Waals surface area contributed by atoms with E-state index >= 15 is 0 Å². The molecule has 132 valence electrons. The Kier molecular flexibility index (Phi) is 5.71. The topological polar surface area (TPSA) is 26.8 Å². The van der Waals surface area contributed by atoms with E-state index in [2.05, 4.69) is 53.1 Å². The molecule has 1 aliphatic heterocycles. The minimum atomic E-state index is 0.191. The lowest BCUT2D eigenvalue weighted by atomic mass is 10.1. The fraction of sp³-hybridized carbons (Fsp3) is 0.381. The lowest BCUT2D eigenvalue weighted by Gasteiger charge is -2.36. The summed E-state index contributed by atoms with van der Waals surface area (Å²) in [5, 5.41) is 0. The van der Waals surface area contributed by atoms with E-state index in [0.717, 1.165) is 26.2 Å². The third kappa shape index (κ3) is 4.60. The SMILES string of the molecule is Cc1ccccc1CN(C)C(=O)CN1CCN(c2ccccc2)CC1. The number of benzene rings is 2. The van der Waals surface area contributed by atoms with Crippen LogP contribution in [0, 0.1) is 6.92 Å². The quantitative estimate of drug-likeness (QED) is 0.839. The lowest BCUT2D eigenvalue weighted by Crippen LogP contribution is -2.49. The predicted molar refractivity (Wildman–Crippen MR) is 103 cm³/mol. The van der Waals surface area contributed by atoms with Gasteiger partial charge in [0.15, 0.2) is 0 Å². The number of hydrogen-bond donors (Lipinski definition) is 0. The van der Waals surface area contributed by atoms with Gasteiger partial charge in [-0.25, -0.2) is 0 Å². The molecule has 0 saturated carbocycles. The van der Waals surface area contributed by atoms with Crippen molar-refractivity contribution in [2.75, 3.05) is 44.7 Å². The maximum atomic E-state index is 12.5. The molecule has 4 heteroatoms. The third-order valence-electron chi connectivity index (χ3n) is 4.95. The van der Waals surface area contributed by atoms with Crippen molar-refractivity contribution < 1.29 is 4.79 Å². The van der Waals surface area contributed by atoms with Crippen LogP contribution in [0.5, 0.6) is 0 Å². The smallest absolute Gasteiger partial charge is 0.236 e. The van der Waals surface area contributed by atoms with Crippen molar-refractivity contribution in [3.05, 3.63) is 65.7 Å². The number of aryl methyl sites for hydroxylation is 1. The minimum Gasteiger partial charge on any atom is -0.369 e. The Labute approximate surface area is 150 Å². The van der Waals surface area contributed by atoms with Crippen LogP contribution in [0.15, 0.2) is 54.6 Å². The van der Waals surface area contributed by atoms with Crippen LogP contribution in [0.25, 0.3) is 0 Å². The zero-order valence-corrected chi connectivity index (χ0v) is 15.2. The number of rotatable bonds is 5. The Hall–Kier alpha value is -2.33. The minimum absolute atomic E-state index is 0.191. The van der Waals surface area contributed by atoms with E-state index in [4.69, 9.17) is 0 Å². The predicted octanol–water partition coefficient (Wildman–Crippen LogP) is 2.78. The van der Waals surface area contributed by atoms with Gasteiger partial charge < -0.3 is 9.80 Å². The number of para-hydroxylation sites is 1. The van der Waals surface area contributed by atoms with Gasteiger partial charge in [0.1, 0.15) is 0 Å². The average Bonchev–Trinajstić information content (AvgIpc) is 2.65. The highest BCUT2D eigenvalue weighted by Crippen LogP contribution is 2.16. The summed E-state index contributed by atoms with van der Waals surface area (Å²) >= 11 is 0. The first kappa shape index (κ1) is 17.5. The molecule has 2 aromatic rings. The van der Waals surface area contributed by atoms with Gasteiger partial charge in [0, 0.05) is 45.5 Å². The molecule has 0 aliphatic carbocycles. The van der Waals surface area contributed by atoms with Gasteiger partial charge in [-0.3, -0.25) is 9.69 Å². The van der Waals surface area contributed by atoms with Crippen molar-refractivity contribution in [2.24, 2.45) is 0 Å². The Bertz CT molecular complexity index is 693. The summed E-state index contributed by atoms with van der Waals surface area (Å²) in [5.74, 6) is 0.191. The Morgan fingerprint density at radius 3 is 2.28 bits per heavy atom. The van der Waals surface area contributed by atoms with Crippen LogP contribution in [0.2, 0.25) is 0 Å². The highest BCUT2D eigenvalue weighted by atomic mass is 16.2. The van der Waals surface area contributed by atoms with Crippen LogP contribution in [0.4, 0.5) is 5.69 Å². The first-order chi connectivity index (χ1) is 12.1. The van der Waals surface area contributed by atoms with Gasteiger partial charge in [0.2, 0.25) is 5.91 Å². The van der Waals surface area contributed by atoms with Crippen LogP contribution < -0.4 is 4.90 Å². The second-order valence-corrected chi connectivity index (χ2v) is 6.78. The summed E-state index contributed by atoms with van der Waals surface area (Å²) in [7, 11) is 1.90. The number of nitrogens with zero attached hydrogens (tertiary/aromatic N) is 3. The summed E-state index contributed by atoms with van der Waals surface area (Å²) in [6.45, 7) is 7.08. The average molecular weight is 337 g/mol. The van der Waals surface area contributed by atoms with E-state index in [9.17, 15) is 4.79 Å². The maximum absolute atomic E-state index is 12.5. The van der Waals surface area contributed by atoms with Crippen molar-refractivity contribution in [2.45, 2.75) is 13.5 Å². The molecule has 0 N–H and O–H groups in total. The number of carbonyl (C=O) groups is 1. The first-order valence-electron chi connectivity index (χ1n) is 8.94. The number of hydrogen-bond acceptors (Lipinski definition) is 3. The molecule has 0 aromatic heterocycles. The third-order valence-corrected chi connectivity index (χ3v) is 4.95. The molecule has 0 bridgehead atoms. The molecule has 25 heavy (non-hydrogen) atoms. The van der Waals surface area contributed by atoms with Gasteiger partial charge in [-0.05, 0) is 30.2 Å². The van der Waals surface area contributed by atoms with Crippen LogP contribution in [0.3, 0.4) is 0 Å². The van der Waals surface area contributed by atoms with Crippen molar-refractivity contribution in [1.29, 1.82) is 0 Å². The standard InChI is InChI=1S/C21H27N3O/c1-18-8-6-7-9-19(18)16-22(2)21(25)17-23-12-14-24(15-13-23)20-10-4-3-5-11-20/h3-11H,12-17H2,1-2H3. The van der Waals surface area contributed by atoms with Crippen LogP contribution >= 0.6 is 0 Å². The number of piperazine rings is 1. The fourth-order valence-electron chi connectivity index (χ4n) is 3.25. The molecule has 0 atom stereocenters. The maximum Gasteiger partial charge on any atom is 0.236 e. The summed E-state index contributed by atoms with van der Waals surface area (Å²) < 4.78 is 0. The molecule has 2 aromatic carbocycles. The van der Waals surface area contributed by atoms with E-state index in [1.807, 2.05) is 30.1 Å². The molecule has 0 spiro atoms. The first-order valence-corrected chi connectivity index (χ1v) is 8.94. The van der Waals surface area contributed by atoms with Gasteiger partial charge in [0.05, 0.1) is 6.54 Å². The van der Waals surface area contributed by atoms with E-state index in [-0.39, 0.29) is 5.91 Å². The second kappa shape index (κ2) is 8.17. The van der Waals surface area contributed by atoms with E-state index in [1.54, 1.807) is 0 Å². The zero-order valence-electron chi connectivity index (χ0n) is 15.2. The summed E-state index contributed by atoms with van der Waals surface area (Å²) in [6.07, 6.45) is 0. The lowest BCUT2D eigenvalue weighted by molar-refractivity contribution is -0.131. The monoisotopic (exact) mass is 337 g/mol. The Morgan fingerprint density at radius 2 is 1.60 bits per heavy atom. The molecule has 3 rings (SSSR count).